The lowest BCUT2D eigenvalue weighted by molar-refractivity contribution is 0.154. The highest BCUT2D eigenvalue weighted by Crippen LogP contribution is 2.38. The molecule has 84 valence electrons. The summed E-state index contributed by atoms with van der Waals surface area (Å²) in [6.07, 6.45) is 2.23. The maximum absolute atomic E-state index is 9.37. The second-order valence-electron chi connectivity index (χ2n) is 4.53. The number of hydrogen-bond donors (Lipinski definition) is 2. The summed E-state index contributed by atoms with van der Waals surface area (Å²) < 4.78 is 1.80. The van der Waals surface area contributed by atoms with E-state index in [0.29, 0.717) is 12.5 Å². The van der Waals surface area contributed by atoms with Crippen LogP contribution in [0.1, 0.15) is 24.5 Å². The normalized spacial score (nSPS) is 20.3. The van der Waals surface area contributed by atoms with Crippen LogP contribution in [0.2, 0.25) is 0 Å². The van der Waals surface area contributed by atoms with Crippen molar-refractivity contribution in [1.82, 2.24) is 14.8 Å². The number of hydrogen-bond acceptors (Lipinski definition) is 4. The number of rotatable bonds is 4. The molecule has 0 amide bonds. The number of aromatic nitrogens is 3. The molecule has 1 aliphatic carbocycles. The van der Waals surface area contributed by atoms with Gasteiger partial charge in [-0.2, -0.15) is 5.10 Å². The minimum absolute atomic E-state index is 0.00993. The van der Waals surface area contributed by atoms with Gasteiger partial charge >= 0.3 is 0 Å². The Morgan fingerprint density at radius 1 is 1.53 bits per heavy atom. The van der Waals surface area contributed by atoms with Crippen LogP contribution in [0.5, 0.6) is 0 Å². The molecular formula is C10H18N4O. The predicted octanol–water partition coefficient (Wildman–Crippen LogP) is -0.00526. The van der Waals surface area contributed by atoms with Crippen molar-refractivity contribution in [3.63, 3.8) is 0 Å². The standard InChI is InChI=1S/C10H18N4O/c1-7-12-8(2)14(13-7)5-10(11,6-15)9-3-4-9/h9,15H,3-6,11H2,1-2H3. The first-order valence-corrected chi connectivity index (χ1v) is 5.33. The minimum Gasteiger partial charge on any atom is -0.394 e. The Labute approximate surface area is 89.3 Å². The van der Waals surface area contributed by atoms with E-state index in [1.165, 1.54) is 0 Å². The summed E-state index contributed by atoms with van der Waals surface area (Å²) in [4.78, 5) is 4.22. The Morgan fingerprint density at radius 3 is 2.60 bits per heavy atom. The van der Waals surface area contributed by atoms with Crippen LogP contribution in [0, 0.1) is 19.8 Å². The zero-order valence-electron chi connectivity index (χ0n) is 9.27. The quantitative estimate of drug-likeness (QED) is 0.733. The van der Waals surface area contributed by atoms with E-state index in [4.69, 9.17) is 5.73 Å². The molecular weight excluding hydrogens is 192 g/mol. The van der Waals surface area contributed by atoms with Crippen molar-refractivity contribution in [2.24, 2.45) is 11.7 Å². The first-order valence-electron chi connectivity index (χ1n) is 5.33. The van der Waals surface area contributed by atoms with Crippen LogP contribution in [-0.4, -0.2) is 32.0 Å². The maximum Gasteiger partial charge on any atom is 0.147 e. The van der Waals surface area contributed by atoms with Crippen molar-refractivity contribution in [2.75, 3.05) is 6.61 Å². The summed E-state index contributed by atoms with van der Waals surface area (Å²) in [5.74, 6) is 2.05. The van der Waals surface area contributed by atoms with Crippen molar-refractivity contribution in [2.45, 2.75) is 38.8 Å². The molecule has 0 aliphatic heterocycles. The fourth-order valence-corrected chi connectivity index (χ4v) is 1.96. The van der Waals surface area contributed by atoms with Crippen LogP contribution in [0.15, 0.2) is 0 Å². The fraction of sp³-hybridized carbons (Fsp3) is 0.800. The lowest BCUT2D eigenvalue weighted by atomic mass is 9.96. The summed E-state index contributed by atoms with van der Waals surface area (Å²) >= 11 is 0. The summed E-state index contributed by atoms with van der Waals surface area (Å²) in [5, 5.41) is 13.6. The summed E-state index contributed by atoms with van der Waals surface area (Å²) in [7, 11) is 0. The molecule has 0 bridgehead atoms. The van der Waals surface area contributed by atoms with Crippen molar-refractivity contribution in [3.8, 4) is 0 Å². The van der Waals surface area contributed by atoms with Crippen LogP contribution >= 0.6 is 0 Å². The van der Waals surface area contributed by atoms with Gasteiger partial charge in [-0.15, -0.1) is 0 Å². The molecule has 0 spiro atoms. The van der Waals surface area contributed by atoms with Gasteiger partial charge in [-0.1, -0.05) is 0 Å². The van der Waals surface area contributed by atoms with Gasteiger partial charge in [0.05, 0.1) is 18.7 Å². The second kappa shape index (κ2) is 3.57. The highest BCUT2D eigenvalue weighted by atomic mass is 16.3. The molecule has 1 aliphatic rings. The minimum atomic E-state index is -0.523. The molecule has 1 aromatic heterocycles. The van der Waals surface area contributed by atoms with Crippen LogP contribution in [0.3, 0.4) is 0 Å². The zero-order valence-corrected chi connectivity index (χ0v) is 9.27. The van der Waals surface area contributed by atoms with Crippen LogP contribution in [0.4, 0.5) is 0 Å². The molecule has 1 fully saturated rings. The van der Waals surface area contributed by atoms with E-state index in [1.807, 2.05) is 13.8 Å². The van der Waals surface area contributed by atoms with E-state index in [9.17, 15) is 5.11 Å². The molecule has 5 heteroatoms. The summed E-state index contributed by atoms with van der Waals surface area (Å²) in [6.45, 7) is 4.33. The van der Waals surface area contributed by atoms with Gasteiger partial charge in [-0.05, 0) is 32.6 Å². The van der Waals surface area contributed by atoms with Crippen LogP contribution < -0.4 is 5.73 Å². The zero-order chi connectivity index (χ0) is 11.1. The van der Waals surface area contributed by atoms with Crippen molar-refractivity contribution >= 4 is 0 Å². The Bertz CT molecular complexity index is 358. The van der Waals surface area contributed by atoms with E-state index in [2.05, 4.69) is 10.1 Å². The smallest absolute Gasteiger partial charge is 0.147 e. The molecule has 5 nitrogen and oxygen atoms in total. The van der Waals surface area contributed by atoms with E-state index < -0.39 is 5.54 Å². The number of aliphatic hydroxyl groups is 1. The van der Waals surface area contributed by atoms with E-state index in [-0.39, 0.29) is 6.61 Å². The molecule has 2 rings (SSSR count). The van der Waals surface area contributed by atoms with Crippen LogP contribution in [0.25, 0.3) is 0 Å². The first kappa shape index (κ1) is 10.6. The average Bonchev–Trinajstić information content (AvgIpc) is 2.96. The van der Waals surface area contributed by atoms with Gasteiger partial charge in [0.25, 0.3) is 0 Å². The molecule has 1 unspecified atom stereocenters. The summed E-state index contributed by atoms with van der Waals surface area (Å²) in [5.41, 5.74) is 5.65. The third-order valence-electron chi connectivity index (χ3n) is 3.09. The van der Waals surface area contributed by atoms with Gasteiger partial charge in [0.15, 0.2) is 0 Å². The monoisotopic (exact) mass is 210 g/mol. The lowest BCUT2D eigenvalue weighted by Crippen LogP contribution is -2.50. The van der Waals surface area contributed by atoms with Gasteiger partial charge in [0, 0.05) is 0 Å². The fourth-order valence-electron chi connectivity index (χ4n) is 1.96. The van der Waals surface area contributed by atoms with Crippen molar-refractivity contribution in [3.05, 3.63) is 11.6 Å². The third-order valence-corrected chi connectivity index (χ3v) is 3.09. The van der Waals surface area contributed by atoms with E-state index in [0.717, 1.165) is 24.5 Å². The molecule has 0 radical (unpaired) electrons. The summed E-state index contributed by atoms with van der Waals surface area (Å²) in [6, 6.07) is 0. The molecule has 0 aromatic carbocycles. The van der Waals surface area contributed by atoms with Crippen molar-refractivity contribution in [1.29, 1.82) is 0 Å². The van der Waals surface area contributed by atoms with Crippen LogP contribution in [-0.2, 0) is 6.54 Å². The Hall–Kier alpha value is -0.940. The molecule has 0 saturated heterocycles. The van der Waals surface area contributed by atoms with E-state index >= 15 is 0 Å². The van der Waals surface area contributed by atoms with Gasteiger partial charge in [0.2, 0.25) is 0 Å². The predicted molar refractivity (Wildman–Crippen MR) is 56.2 cm³/mol. The molecule has 1 saturated carbocycles. The van der Waals surface area contributed by atoms with Gasteiger partial charge in [-0.3, -0.25) is 0 Å². The Balaban J connectivity index is 2.15. The highest BCUT2D eigenvalue weighted by Gasteiger charge is 2.42. The SMILES string of the molecule is Cc1nc(C)n(CC(N)(CO)C2CC2)n1. The number of nitrogens with two attached hydrogens (primary N) is 1. The number of nitrogens with zero attached hydrogens (tertiary/aromatic N) is 3. The van der Waals surface area contributed by atoms with Gasteiger partial charge in [-0.25, -0.2) is 9.67 Å². The molecule has 15 heavy (non-hydrogen) atoms. The Kier molecular flexibility index (Phi) is 2.52. The lowest BCUT2D eigenvalue weighted by Gasteiger charge is -2.27. The topological polar surface area (TPSA) is 77.0 Å². The van der Waals surface area contributed by atoms with E-state index in [1.54, 1.807) is 4.68 Å². The van der Waals surface area contributed by atoms with Crippen molar-refractivity contribution < 1.29 is 5.11 Å². The molecule has 1 heterocycles. The highest BCUT2D eigenvalue weighted by molar-refractivity contribution is 5.00. The van der Waals surface area contributed by atoms with Gasteiger partial charge < -0.3 is 10.8 Å². The molecule has 3 N–H and O–H groups in total. The molecule has 1 atom stereocenters. The first-order chi connectivity index (χ1) is 7.05. The average molecular weight is 210 g/mol. The molecule has 1 aromatic rings. The largest absolute Gasteiger partial charge is 0.394 e. The van der Waals surface area contributed by atoms with Gasteiger partial charge in [0.1, 0.15) is 11.6 Å². The Morgan fingerprint density at radius 2 is 2.20 bits per heavy atom. The maximum atomic E-state index is 9.37. The second-order valence-corrected chi connectivity index (χ2v) is 4.53. The number of aryl methyl sites for hydroxylation is 2. The number of aliphatic hydroxyl groups excluding tert-OH is 1. The third kappa shape index (κ3) is 2.03.